The second-order valence-electron chi connectivity index (χ2n) is 8.60. The van der Waals surface area contributed by atoms with Crippen LogP contribution in [0.25, 0.3) is 11.1 Å². The first kappa shape index (κ1) is 19.2. The number of rotatable bonds is 3. The lowest BCUT2D eigenvalue weighted by atomic mass is 9.85. The zero-order valence-electron chi connectivity index (χ0n) is 17.3. The second-order valence-corrected chi connectivity index (χ2v) is 8.60. The van der Waals surface area contributed by atoms with E-state index in [2.05, 4.69) is 24.3 Å². The molecule has 1 amide bonds. The maximum Gasteiger partial charge on any atom is 0.410 e. The Morgan fingerprint density at radius 1 is 0.967 bits per heavy atom. The van der Waals surface area contributed by atoms with Crippen LogP contribution >= 0.6 is 0 Å². The molecule has 1 saturated heterocycles. The molecule has 2 aromatic rings. The molecular formula is C25H27NO4. The highest BCUT2D eigenvalue weighted by atomic mass is 16.6. The number of likely N-dealkylation sites (tertiary alicyclic amines) is 1. The van der Waals surface area contributed by atoms with E-state index in [0.717, 1.165) is 25.7 Å². The van der Waals surface area contributed by atoms with E-state index >= 15 is 0 Å². The lowest BCUT2D eigenvalue weighted by Crippen LogP contribution is -2.47. The summed E-state index contributed by atoms with van der Waals surface area (Å²) in [6, 6.07) is 16.1. The van der Waals surface area contributed by atoms with Gasteiger partial charge in [0.2, 0.25) is 0 Å². The van der Waals surface area contributed by atoms with E-state index in [1.54, 1.807) is 4.90 Å². The van der Waals surface area contributed by atoms with E-state index in [-0.39, 0.29) is 30.6 Å². The first-order valence-corrected chi connectivity index (χ1v) is 10.9. The number of hydrogen-bond donors (Lipinski definition) is 0. The second kappa shape index (κ2) is 7.78. The largest absolute Gasteiger partial charge is 0.467 e. The molecule has 30 heavy (non-hydrogen) atoms. The summed E-state index contributed by atoms with van der Waals surface area (Å²) < 4.78 is 10.9. The standard InChI is InChI=1S/C25H27NO4/c1-29-24(27)23-14-16-8-2-7-13-22(16)26(23)25(28)30-15-21-19-11-5-3-9-17(19)18-10-4-6-12-20(18)21/h3-6,9-12,16,21-23H,2,7-8,13-15H2,1H3. The van der Waals surface area contributed by atoms with Gasteiger partial charge in [-0.3, -0.25) is 4.90 Å². The summed E-state index contributed by atoms with van der Waals surface area (Å²) in [6.07, 6.45) is 4.53. The van der Waals surface area contributed by atoms with Crippen molar-refractivity contribution in [3.05, 3.63) is 59.7 Å². The summed E-state index contributed by atoms with van der Waals surface area (Å²) >= 11 is 0. The van der Waals surface area contributed by atoms with Crippen LogP contribution in [0.4, 0.5) is 4.79 Å². The molecule has 3 aliphatic rings. The van der Waals surface area contributed by atoms with Crippen molar-refractivity contribution in [3.63, 3.8) is 0 Å². The number of amides is 1. The van der Waals surface area contributed by atoms with Gasteiger partial charge in [0.05, 0.1) is 7.11 Å². The summed E-state index contributed by atoms with van der Waals surface area (Å²) in [5.41, 5.74) is 4.78. The summed E-state index contributed by atoms with van der Waals surface area (Å²) in [4.78, 5) is 27.3. The molecule has 0 radical (unpaired) electrons. The van der Waals surface area contributed by atoms with Gasteiger partial charge in [-0.15, -0.1) is 0 Å². The fourth-order valence-electron chi connectivity index (χ4n) is 5.74. The fraction of sp³-hybridized carbons (Fsp3) is 0.440. The molecule has 2 aliphatic carbocycles. The van der Waals surface area contributed by atoms with Gasteiger partial charge in [0, 0.05) is 12.0 Å². The number of esters is 1. The average Bonchev–Trinajstić information content (AvgIpc) is 3.33. The minimum atomic E-state index is -0.529. The van der Waals surface area contributed by atoms with E-state index < -0.39 is 6.04 Å². The minimum Gasteiger partial charge on any atom is -0.467 e. The van der Waals surface area contributed by atoms with E-state index in [9.17, 15) is 9.59 Å². The maximum absolute atomic E-state index is 13.2. The Labute approximate surface area is 177 Å². The third kappa shape index (κ3) is 3.08. The van der Waals surface area contributed by atoms with Crippen LogP contribution in [0.1, 0.15) is 49.1 Å². The number of carbonyl (C=O) groups is 2. The Hall–Kier alpha value is -2.82. The molecule has 0 bridgehead atoms. The first-order valence-electron chi connectivity index (χ1n) is 10.9. The molecule has 5 nitrogen and oxygen atoms in total. The van der Waals surface area contributed by atoms with Crippen LogP contribution < -0.4 is 0 Å². The highest BCUT2D eigenvalue weighted by Crippen LogP contribution is 2.45. The molecule has 2 aromatic carbocycles. The molecule has 5 rings (SSSR count). The predicted molar refractivity (Wildman–Crippen MR) is 113 cm³/mol. The van der Waals surface area contributed by atoms with Crippen LogP contribution in [0.5, 0.6) is 0 Å². The van der Waals surface area contributed by atoms with Crippen molar-refractivity contribution in [1.82, 2.24) is 4.90 Å². The molecule has 3 atom stereocenters. The molecule has 2 fully saturated rings. The average molecular weight is 405 g/mol. The van der Waals surface area contributed by atoms with Gasteiger partial charge in [0.15, 0.2) is 0 Å². The smallest absolute Gasteiger partial charge is 0.410 e. The normalized spacial score (nSPS) is 24.7. The van der Waals surface area contributed by atoms with Crippen molar-refractivity contribution >= 4 is 12.1 Å². The number of methoxy groups -OCH3 is 1. The molecule has 5 heteroatoms. The summed E-state index contributed by atoms with van der Waals surface area (Å²) in [7, 11) is 1.39. The molecule has 3 unspecified atom stereocenters. The fourth-order valence-corrected chi connectivity index (χ4v) is 5.74. The zero-order chi connectivity index (χ0) is 20.7. The zero-order valence-corrected chi connectivity index (χ0v) is 17.3. The van der Waals surface area contributed by atoms with Gasteiger partial charge in [-0.2, -0.15) is 0 Å². The lowest BCUT2D eigenvalue weighted by molar-refractivity contribution is -0.145. The molecule has 1 heterocycles. The number of nitrogens with zero attached hydrogens (tertiary/aromatic N) is 1. The van der Waals surface area contributed by atoms with E-state index in [0.29, 0.717) is 12.3 Å². The number of fused-ring (bicyclic) bond motifs is 4. The highest BCUT2D eigenvalue weighted by molar-refractivity contribution is 5.83. The highest BCUT2D eigenvalue weighted by Gasteiger charge is 2.49. The number of benzene rings is 2. The van der Waals surface area contributed by atoms with E-state index in [1.807, 2.05) is 24.3 Å². The Kier molecular flexibility index (Phi) is 4.97. The Balaban J connectivity index is 1.37. The van der Waals surface area contributed by atoms with E-state index in [4.69, 9.17) is 9.47 Å². The summed E-state index contributed by atoms with van der Waals surface area (Å²) in [5, 5.41) is 0. The van der Waals surface area contributed by atoms with Crippen molar-refractivity contribution in [2.24, 2.45) is 5.92 Å². The monoisotopic (exact) mass is 405 g/mol. The van der Waals surface area contributed by atoms with Crippen LogP contribution in [-0.2, 0) is 14.3 Å². The van der Waals surface area contributed by atoms with Crippen LogP contribution in [0, 0.1) is 5.92 Å². The quantitative estimate of drug-likeness (QED) is 0.692. The van der Waals surface area contributed by atoms with Crippen LogP contribution in [0.3, 0.4) is 0 Å². The van der Waals surface area contributed by atoms with Crippen molar-refractivity contribution in [3.8, 4) is 11.1 Å². The summed E-state index contributed by atoms with van der Waals surface area (Å²) in [6.45, 7) is 0.272. The third-order valence-electron chi connectivity index (χ3n) is 7.11. The molecule has 0 aromatic heterocycles. The van der Waals surface area contributed by atoms with Crippen molar-refractivity contribution < 1.29 is 19.1 Å². The third-order valence-corrected chi connectivity index (χ3v) is 7.11. The Morgan fingerprint density at radius 3 is 2.27 bits per heavy atom. The van der Waals surface area contributed by atoms with Gasteiger partial charge in [0.25, 0.3) is 0 Å². The van der Waals surface area contributed by atoms with Gasteiger partial charge < -0.3 is 9.47 Å². The van der Waals surface area contributed by atoms with Crippen LogP contribution in [-0.4, -0.2) is 42.8 Å². The number of ether oxygens (including phenoxy) is 2. The van der Waals surface area contributed by atoms with Crippen LogP contribution in [0.2, 0.25) is 0 Å². The number of carbonyl (C=O) groups excluding carboxylic acids is 2. The number of hydrogen-bond acceptors (Lipinski definition) is 4. The lowest BCUT2D eigenvalue weighted by Gasteiger charge is -2.32. The molecular weight excluding hydrogens is 378 g/mol. The van der Waals surface area contributed by atoms with Gasteiger partial charge in [-0.05, 0) is 47.4 Å². The molecule has 156 valence electrons. The van der Waals surface area contributed by atoms with Gasteiger partial charge >= 0.3 is 12.1 Å². The van der Waals surface area contributed by atoms with Gasteiger partial charge in [-0.25, -0.2) is 9.59 Å². The SMILES string of the molecule is COC(=O)C1CC2CCCCC2N1C(=O)OCC1c2ccccc2-c2ccccc21. The first-order chi connectivity index (χ1) is 14.7. The van der Waals surface area contributed by atoms with Gasteiger partial charge in [-0.1, -0.05) is 61.4 Å². The van der Waals surface area contributed by atoms with Crippen molar-refractivity contribution in [2.45, 2.75) is 50.1 Å². The topological polar surface area (TPSA) is 55.8 Å². The van der Waals surface area contributed by atoms with Crippen LogP contribution in [0.15, 0.2) is 48.5 Å². The molecule has 0 spiro atoms. The van der Waals surface area contributed by atoms with Gasteiger partial charge in [0.1, 0.15) is 12.6 Å². The van der Waals surface area contributed by atoms with E-state index in [1.165, 1.54) is 29.4 Å². The van der Waals surface area contributed by atoms with Crippen molar-refractivity contribution in [2.75, 3.05) is 13.7 Å². The Bertz CT molecular complexity index is 926. The van der Waals surface area contributed by atoms with Crippen molar-refractivity contribution in [1.29, 1.82) is 0 Å². The predicted octanol–water partition coefficient (Wildman–Crippen LogP) is 4.74. The Morgan fingerprint density at radius 2 is 1.60 bits per heavy atom. The molecule has 1 aliphatic heterocycles. The summed E-state index contributed by atoms with van der Waals surface area (Å²) in [5.74, 6) is 0.0453. The molecule has 1 saturated carbocycles. The maximum atomic E-state index is 13.2. The molecule has 0 N–H and O–H groups in total. The minimum absolute atomic E-state index is 0.0164.